The van der Waals surface area contributed by atoms with Crippen molar-refractivity contribution < 1.29 is 8.42 Å². The highest BCUT2D eigenvalue weighted by Crippen LogP contribution is 2.62. The molecule has 0 saturated heterocycles. The van der Waals surface area contributed by atoms with Gasteiger partial charge in [0.15, 0.2) is 0 Å². The fourth-order valence-electron chi connectivity index (χ4n) is 2.31. The van der Waals surface area contributed by atoms with Gasteiger partial charge in [-0.1, -0.05) is 27.7 Å². The minimum atomic E-state index is -3.53. The number of nitrogens with two attached hydrogens (primary N) is 1. The molecule has 0 spiro atoms. The minimum absolute atomic E-state index is 0.0430. The summed E-state index contributed by atoms with van der Waals surface area (Å²) < 4.78 is 27.2. The van der Waals surface area contributed by atoms with Gasteiger partial charge in [-0.25, -0.2) is 18.1 Å². The van der Waals surface area contributed by atoms with E-state index in [9.17, 15) is 8.42 Å². The lowest BCUT2D eigenvalue weighted by Crippen LogP contribution is -2.30. The average molecular weight is 269 g/mol. The lowest BCUT2D eigenvalue weighted by molar-refractivity contribution is 0.457. The predicted octanol–water partition coefficient (Wildman–Crippen LogP) is 1.38. The Balaban J connectivity index is 2.25. The van der Waals surface area contributed by atoms with E-state index in [4.69, 9.17) is 5.73 Å². The van der Waals surface area contributed by atoms with Crippen molar-refractivity contribution in [1.82, 2.24) is 9.71 Å². The number of nitrogens with zero attached hydrogens (tertiary/aromatic N) is 1. The van der Waals surface area contributed by atoms with Gasteiger partial charge in [-0.15, -0.1) is 0 Å². The molecule has 0 aromatic carbocycles. The highest BCUT2D eigenvalue weighted by atomic mass is 32.2. The minimum Gasteiger partial charge on any atom is -0.384 e. The van der Waals surface area contributed by atoms with E-state index in [-0.39, 0.29) is 27.6 Å². The number of hydrogen-bond acceptors (Lipinski definition) is 4. The van der Waals surface area contributed by atoms with E-state index in [1.54, 1.807) is 0 Å². The molecule has 1 aromatic rings. The highest BCUT2D eigenvalue weighted by Gasteiger charge is 2.66. The summed E-state index contributed by atoms with van der Waals surface area (Å²) in [4.78, 5) is 3.95. The molecule has 1 fully saturated rings. The van der Waals surface area contributed by atoms with Crippen LogP contribution in [0.1, 0.15) is 27.7 Å². The summed E-state index contributed by atoms with van der Waals surface area (Å²) in [5, 5.41) is 0. The number of nitrogens with one attached hydrogen (secondary N) is 1. The number of sulfonamides is 1. The first kappa shape index (κ1) is 13.3. The quantitative estimate of drug-likeness (QED) is 0.868. The van der Waals surface area contributed by atoms with Gasteiger partial charge in [0.05, 0.1) is 4.90 Å². The van der Waals surface area contributed by atoms with Crippen molar-refractivity contribution in [1.29, 1.82) is 0 Å². The highest BCUT2D eigenvalue weighted by molar-refractivity contribution is 7.89. The lowest BCUT2D eigenvalue weighted by Gasteiger charge is -2.08. The third-order valence-corrected chi connectivity index (χ3v) is 5.78. The monoisotopic (exact) mass is 269 g/mol. The Bertz CT molecular complexity index is 565. The first-order chi connectivity index (χ1) is 8.09. The Morgan fingerprint density at radius 1 is 1.28 bits per heavy atom. The zero-order valence-corrected chi connectivity index (χ0v) is 11.9. The van der Waals surface area contributed by atoms with Crippen molar-refractivity contribution >= 4 is 15.8 Å². The Morgan fingerprint density at radius 3 is 2.28 bits per heavy atom. The molecular weight excluding hydrogens is 250 g/mol. The third kappa shape index (κ3) is 1.89. The van der Waals surface area contributed by atoms with Crippen LogP contribution in [0.25, 0.3) is 0 Å². The largest absolute Gasteiger partial charge is 0.384 e. The van der Waals surface area contributed by atoms with Gasteiger partial charge < -0.3 is 5.73 Å². The van der Waals surface area contributed by atoms with Gasteiger partial charge >= 0.3 is 0 Å². The number of hydrogen-bond donors (Lipinski definition) is 2. The van der Waals surface area contributed by atoms with Gasteiger partial charge in [-0.05, 0) is 16.9 Å². The van der Waals surface area contributed by atoms with Crippen molar-refractivity contribution in [3.63, 3.8) is 0 Å². The summed E-state index contributed by atoms with van der Waals surface area (Å²) in [5.41, 5.74) is 5.42. The molecule has 1 heterocycles. The summed E-state index contributed by atoms with van der Waals surface area (Å²) in [5.74, 6) is 0.201. The maximum absolute atomic E-state index is 12.2. The zero-order chi connectivity index (χ0) is 13.8. The third-order valence-electron chi connectivity index (χ3n) is 4.36. The molecule has 3 N–H and O–H groups in total. The number of nitrogen functional groups attached to an aromatic ring is 1. The molecule has 100 valence electrons. The van der Waals surface area contributed by atoms with Crippen LogP contribution in [0.2, 0.25) is 0 Å². The summed E-state index contributed by atoms with van der Waals surface area (Å²) >= 11 is 0. The van der Waals surface area contributed by atoms with Crippen LogP contribution in [-0.2, 0) is 10.0 Å². The molecule has 0 radical (unpaired) electrons. The molecule has 1 aliphatic carbocycles. The first-order valence-corrected chi connectivity index (χ1v) is 7.31. The second kappa shape index (κ2) is 3.68. The van der Waals surface area contributed by atoms with E-state index in [1.807, 2.05) is 0 Å². The molecule has 5 nitrogen and oxygen atoms in total. The standard InChI is InChI=1S/C12H19N3O2S/c1-11(2)10(12(11,3)4)15-18(16,17)8-5-6-14-9(13)7-8/h5-7,10,15H,1-4H3,(H2,13,14). The van der Waals surface area contributed by atoms with Crippen molar-refractivity contribution in [2.45, 2.75) is 38.6 Å². The predicted molar refractivity (Wildman–Crippen MR) is 70.3 cm³/mol. The molecule has 0 unspecified atom stereocenters. The molecule has 0 bridgehead atoms. The molecule has 0 aliphatic heterocycles. The number of rotatable bonds is 3. The van der Waals surface area contributed by atoms with Gasteiger partial charge in [0.2, 0.25) is 10.0 Å². The second-order valence-electron chi connectivity index (χ2n) is 5.91. The molecule has 0 amide bonds. The van der Waals surface area contributed by atoms with Crippen LogP contribution in [-0.4, -0.2) is 19.4 Å². The molecule has 18 heavy (non-hydrogen) atoms. The van der Waals surface area contributed by atoms with E-state index in [1.165, 1.54) is 18.3 Å². The summed E-state index contributed by atoms with van der Waals surface area (Å²) in [6.45, 7) is 8.23. The Hall–Kier alpha value is -1.14. The van der Waals surface area contributed by atoms with Crippen LogP contribution in [0, 0.1) is 10.8 Å². The van der Waals surface area contributed by atoms with Crippen molar-refractivity contribution in [3.05, 3.63) is 18.3 Å². The SMILES string of the molecule is CC1(C)C(NS(=O)(=O)c2ccnc(N)c2)C1(C)C. The molecule has 1 aliphatic rings. The van der Waals surface area contributed by atoms with E-state index in [0.717, 1.165) is 0 Å². The van der Waals surface area contributed by atoms with Crippen LogP contribution in [0.15, 0.2) is 23.2 Å². The topological polar surface area (TPSA) is 85.1 Å². The number of anilines is 1. The average Bonchev–Trinajstić information content (AvgIpc) is 2.61. The van der Waals surface area contributed by atoms with E-state index < -0.39 is 10.0 Å². The summed E-state index contributed by atoms with van der Waals surface area (Å²) in [7, 11) is -3.53. The lowest BCUT2D eigenvalue weighted by atomic mass is 10.0. The molecule has 2 rings (SSSR count). The molecule has 1 aromatic heterocycles. The second-order valence-corrected chi connectivity index (χ2v) is 7.63. The van der Waals surface area contributed by atoms with Crippen LogP contribution in [0.4, 0.5) is 5.82 Å². The van der Waals surface area contributed by atoms with Crippen LogP contribution >= 0.6 is 0 Å². The normalized spacial score (nSPS) is 21.8. The Kier molecular flexibility index (Phi) is 2.72. The maximum Gasteiger partial charge on any atom is 0.241 e. The van der Waals surface area contributed by atoms with Crippen molar-refractivity contribution in [2.75, 3.05) is 5.73 Å². The fourth-order valence-corrected chi connectivity index (χ4v) is 3.86. The molecular formula is C12H19N3O2S. The molecule has 0 atom stereocenters. The fraction of sp³-hybridized carbons (Fsp3) is 0.583. The summed E-state index contributed by atoms with van der Waals surface area (Å²) in [6.07, 6.45) is 1.40. The van der Waals surface area contributed by atoms with Crippen LogP contribution in [0.5, 0.6) is 0 Å². The van der Waals surface area contributed by atoms with Crippen LogP contribution in [0.3, 0.4) is 0 Å². The molecule has 1 saturated carbocycles. The smallest absolute Gasteiger partial charge is 0.241 e. The number of aromatic nitrogens is 1. The van der Waals surface area contributed by atoms with Crippen LogP contribution < -0.4 is 10.5 Å². The molecule has 6 heteroatoms. The first-order valence-electron chi connectivity index (χ1n) is 5.83. The van der Waals surface area contributed by atoms with Gasteiger partial charge in [0.25, 0.3) is 0 Å². The van der Waals surface area contributed by atoms with E-state index in [2.05, 4.69) is 37.4 Å². The maximum atomic E-state index is 12.2. The van der Waals surface area contributed by atoms with E-state index >= 15 is 0 Å². The Morgan fingerprint density at radius 2 is 1.83 bits per heavy atom. The summed E-state index contributed by atoms with van der Waals surface area (Å²) in [6, 6.07) is 2.75. The Labute approximate surface area is 108 Å². The zero-order valence-electron chi connectivity index (χ0n) is 11.1. The van der Waals surface area contributed by atoms with Gasteiger partial charge in [-0.2, -0.15) is 0 Å². The van der Waals surface area contributed by atoms with Gasteiger partial charge in [0.1, 0.15) is 5.82 Å². The number of pyridine rings is 1. The van der Waals surface area contributed by atoms with Crippen molar-refractivity contribution in [2.24, 2.45) is 10.8 Å². The van der Waals surface area contributed by atoms with E-state index in [0.29, 0.717) is 0 Å². The van der Waals surface area contributed by atoms with Gasteiger partial charge in [-0.3, -0.25) is 0 Å². The van der Waals surface area contributed by atoms with Crippen molar-refractivity contribution in [3.8, 4) is 0 Å². The van der Waals surface area contributed by atoms with Gasteiger partial charge in [0, 0.05) is 18.3 Å².